The first kappa shape index (κ1) is 14.9. The number of halogens is 4. The van der Waals surface area contributed by atoms with Crippen molar-refractivity contribution in [2.75, 3.05) is 6.54 Å². The van der Waals surface area contributed by atoms with E-state index in [1.807, 2.05) is 0 Å². The summed E-state index contributed by atoms with van der Waals surface area (Å²) in [6.07, 6.45) is -1.45. The van der Waals surface area contributed by atoms with Crippen molar-refractivity contribution in [1.29, 1.82) is 0 Å². The molecule has 0 saturated carbocycles. The normalized spacial score (nSPS) is 11.8. The highest BCUT2D eigenvalue weighted by molar-refractivity contribution is 6.30. The summed E-state index contributed by atoms with van der Waals surface area (Å²) >= 11 is 6.14. The Morgan fingerprint density at radius 2 is 2.05 bits per heavy atom. The van der Waals surface area contributed by atoms with E-state index in [0.29, 0.717) is 18.1 Å². The van der Waals surface area contributed by atoms with Crippen LogP contribution in [0.5, 0.6) is 0 Å². The van der Waals surface area contributed by atoms with Gasteiger partial charge in [-0.25, -0.2) is 4.68 Å². The SMILES string of the molecule is NCCCc1cnn(-c2cccc(C(F)(F)F)c2)c1Cl. The minimum atomic E-state index is -4.39. The average Bonchev–Trinajstić information content (AvgIpc) is 2.77. The van der Waals surface area contributed by atoms with E-state index in [0.717, 1.165) is 24.1 Å². The first-order chi connectivity index (χ1) is 9.43. The lowest BCUT2D eigenvalue weighted by atomic mass is 10.2. The summed E-state index contributed by atoms with van der Waals surface area (Å²) in [6, 6.07) is 4.89. The lowest BCUT2D eigenvalue weighted by Gasteiger charge is -2.09. The van der Waals surface area contributed by atoms with Gasteiger partial charge in [0.15, 0.2) is 0 Å². The van der Waals surface area contributed by atoms with Gasteiger partial charge in [0, 0.05) is 5.56 Å². The van der Waals surface area contributed by atoms with Crippen molar-refractivity contribution in [1.82, 2.24) is 9.78 Å². The fourth-order valence-electron chi connectivity index (χ4n) is 1.82. The molecule has 1 heterocycles. The van der Waals surface area contributed by atoms with Crippen LogP contribution in [-0.2, 0) is 12.6 Å². The van der Waals surface area contributed by atoms with Gasteiger partial charge in [-0.3, -0.25) is 0 Å². The van der Waals surface area contributed by atoms with E-state index >= 15 is 0 Å². The molecule has 0 spiro atoms. The van der Waals surface area contributed by atoms with Gasteiger partial charge in [0.1, 0.15) is 5.15 Å². The molecule has 20 heavy (non-hydrogen) atoms. The maximum absolute atomic E-state index is 12.7. The van der Waals surface area contributed by atoms with Crippen LogP contribution in [0.2, 0.25) is 5.15 Å². The first-order valence-electron chi connectivity index (χ1n) is 6.03. The Balaban J connectivity index is 2.35. The predicted octanol–water partition coefficient (Wildman–Crippen LogP) is 3.44. The van der Waals surface area contributed by atoms with Crippen molar-refractivity contribution in [2.24, 2.45) is 5.73 Å². The van der Waals surface area contributed by atoms with Crippen molar-refractivity contribution < 1.29 is 13.2 Å². The van der Waals surface area contributed by atoms with Gasteiger partial charge in [0.05, 0.1) is 17.4 Å². The van der Waals surface area contributed by atoms with E-state index < -0.39 is 11.7 Å². The van der Waals surface area contributed by atoms with Gasteiger partial charge >= 0.3 is 6.18 Å². The van der Waals surface area contributed by atoms with Crippen LogP contribution in [0.3, 0.4) is 0 Å². The Bertz CT molecular complexity index is 593. The fraction of sp³-hybridized carbons (Fsp3) is 0.308. The maximum atomic E-state index is 12.7. The summed E-state index contributed by atoms with van der Waals surface area (Å²) < 4.78 is 39.3. The molecule has 0 atom stereocenters. The minimum Gasteiger partial charge on any atom is -0.330 e. The number of hydrogen-bond acceptors (Lipinski definition) is 2. The molecule has 0 unspecified atom stereocenters. The summed E-state index contributed by atoms with van der Waals surface area (Å²) in [5.74, 6) is 0. The molecular formula is C13H13ClF3N3. The molecule has 0 aliphatic heterocycles. The summed E-state index contributed by atoms with van der Waals surface area (Å²) in [5.41, 5.74) is 5.74. The van der Waals surface area contributed by atoms with Gasteiger partial charge < -0.3 is 5.73 Å². The molecule has 1 aromatic heterocycles. The third kappa shape index (κ3) is 3.13. The van der Waals surface area contributed by atoms with Gasteiger partial charge in [0.25, 0.3) is 0 Å². The number of benzene rings is 1. The predicted molar refractivity (Wildman–Crippen MR) is 71.0 cm³/mol. The molecule has 3 nitrogen and oxygen atoms in total. The van der Waals surface area contributed by atoms with Crippen LogP contribution in [0, 0.1) is 0 Å². The molecule has 0 aliphatic rings. The zero-order valence-corrected chi connectivity index (χ0v) is 11.2. The largest absolute Gasteiger partial charge is 0.416 e. The monoisotopic (exact) mass is 303 g/mol. The van der Waals surface area contributed by atoms with Crippen LogP contribution >= 0.6 is 11.6 Å². The van der Waals surface area contributed by atoms with Crippen molar-refractivity contribution in [3.63, 3.8) is 0 Å². The van der Waals surface area contributed by atoms with Crippen LogP contribution in [-0.4, -0.2) is 16.3 Å². The summed E-state index contributed by atoms with van der Waals surface area (Å²) in [6.45, 7) is 0.519. The van der Waals surface area contributed by atoms with E-state index in [1.54, 1.807) is 6.20 Å². The zero-order valence-electron chi connectivity index (χ0n) is 10.5. The Morgan fingerprint density at radius 1 is 1.30 bits per heavy atom. The van der Waals surface area contributed by atoms with Crippen LogP contribution in [0.1, 0.15) is 17.5 Å². The second kappa shape index (κ2) is 5.85. The third-order valence-electron chi connectivity index (χ3n) is 2.85. The second-order valence-electron chi connectivity index (χ2n) is 4.31. The average molecular weight is 304 g/mol. The maximum Gasteiger partial charge on any atom is 0.416 e. The molecule has 2 aromatic rings. The number of aryl methyl sites for hydroxylation is 1. The van der Waals surface area contributed by atoms with E-state index in [4.69, 9.17) is 17.3 Å². The Labute approximate surface area is 119 Å². The number of alkyl halides is 3. The Hall–Kier alpha value is -1.53. The number of rotatable bonds is 4. The van der Waals surface area contributed by atoms with E-state index in [2.05, 4.69) is 5.10 Å². The smallest absolute Gasteiger partial charge is 0.330 e. The number of nitrogens with two attached hydrogens (primary N) is 1. The number of aromatic nitrogens is 2. The van der Waals surface area contributed by atoms with Crippen LogP contribution in [0.4, 0.5) is 13.2 Å². The van der Waals surface area contributed by atoms with Gasteiger partial charge in [0.2, 0.25) is 0 Å². The zero-order chi connectivity index (χ0) is 14.8. The molecular weight excluding hydrogens is 291 g/mol. The van der Waals surface area contributed by atoms with E-state index in [1.165, 1.54) is 16.8 Å². The molecule has 108 valence electrons. The summed E-state index contributed by atoms with van der Waals surface area (Å²) in [4.78, 5) is 0. The molecule has 0 bridgehead atoms. The van der Waals surface area contributed by atoms with Gasteiger partial charge in [-0.1, -0.05) is 17.7 Å². The summed E-state index contributed by atoms with van der Waals surface area (Å²) in [5, 5.41) is 4.36. The first-order valence-corrected chi connectivity index (χ1v) is 6.41. The fourth-order valence-corrected chi connectivity index (χ4v) is 2.11. The molecule has 7 heteroatoms. The van der Waals surface area contributed by atoms with E-state index in [9.17, 15) is 13.2 Å². The molecule has 0 fully saturated rings. The van der Waals surface area contributed by atoms with Gasteiger partial charge in [-0.2, -0.15) is 18.3 Å². The molecule has 0 radical (unpaired) electrons. The molecule has 1 aromatic carbocycles. The highest BCUT2D eigenvalue weighted by Gasteiger charge is 2.30. The van der Waals surface area contributed by atoms with Crippen LogP contribution in [0.15, 0.2) is 30.5 Å². The van der Waals surface area contributed by atoms with Crippen LogP contribution < -0.4 is 5.73 Å². The third-order valence-corrected chi connectivity index (χ3v) is 3.25. The minimum absolute atomic E-state index is 0.281. The molecule has 2 rings (SSSR count). The number of nitrogens with zero attached hydrogens (tertiary/aromatic N) is 2. The highest BCUT2D eigenvalue weighted by Crippen LogP contribution is 2.31. The topological polar surface area (TPSA) is 43.8 Å². The van der Waals surface area contributed by atoms with Crippen molar-refractivity contribution in [2.45, 2.75) is 19.0 Å². The molecule has 0 aliphatic carbocycles. The molecule has 2 N–H and O–H groups in total. The Kier molecular flexibility index (Phi) is 4.35. The molecule has 0 amide bonds. The van der Waals surface area contributed by atoms with Crippen molar-refractivity contribution in [3.05, 3.63) is 46.7 Å². The van der Waals surface area contributed by atoms with Crippen molar-refractivity contribution in [3.8, 4) is 5.69 Å². The molecule has 0 saturated heterocycles. The van der Waals surface area contributed by atoms with Gasteiger partial charge in [-0.05, 0) is 37.6 Å². The number of hydrogen-bond donors (Lipinski definition) is 1. The summed E-state index contributed by atoms with van der Waals surface area (Å²) in [7, 11) is 0. The quantitative estimate of drug-likeness (QED) is 0.940. The van der Waals surface area contributed by atoms with Crippen molar-refractivity contribution >= 4 is 11.6 Å². The second-order valence-corrected chi connectivity index (χ2v) is 4.67. The lowest BCUT2D eigenvalue weighted by molar-refractivity contribution is -0.137. The van der Waals surface area contributed by atoms with Gasteiger partial charge in [-0.15, -0.1) is 0 Å². The standard InChI is InChI=1S/C13H13ClF3N3/c14-12-9(3-2-6-18)8-19-20(12)11-5-1-4-10(7-11)13(15,16)17/h1,4-5,7-8H,2-3,6,18H2. The highest BCUT2D eigenvalue weighted by atomic mass is 35.5. The van der Waals surface area contributed by atoms with E-state index in [-0.39, 0.29) is 5.69 Å². The lowest BCUT2D eigenvalue weighted by Crippen LogP contribution is -2.06. The Morgan fingerprint density at radius 3 is 2.70 bits per heavy atom. The van der Waals surface area contributed by atoms with Crippen LogP contribution in [0.25, 0.3) is 5.69 Å².